The Morgan fingerprint density at radius 1 is 1.06 bits per heavy atom. The number of hydrogen-bond donors (Lipinski definition) is 3. The molecule has 2 aromatic carbocycles. The highest BCUT2D eigenvalue weighted by atomic mass is 19.1. The maximum Gasteiger partial charge on any atom is 0.251 e. The van der Waals surface area contributed by atoms with Gasteiger partial charge >= 0.3 is 0 Å². The summed E-state index contributed by atoms with van der Waals surface area (Å²) in [5.41, 5.74) is 0.300. The lowest BCUT2D eigenvalue weighted by atomic mass is 9.72. The summed E-state index contributed by atoms with van der Waals surface area (Å²) >= 11 is 0. The summed E-state index contributed by atoms with van der Waals surface area (Å²) in [6, 6.07) is 13.8. The highest BCUT2D eigenvalue weighted by molar-refractivity contribution is 5.95. The molecule has 3 N–H and O–H groups in total. The summed E-state index contributed by atoms with van der Waals surface area (Å²) in [6.45, 7) is 3.23. The summed E-state index contributed by atoms with van der Waals surface area (Å²) in [7, 11) is 0. The molecule has 1 amide bonds. The molecule has 4 rings (SSSR count). The normalized spacial score (nSPS) is 14.9. The van der Waals surface area contributed by atoms with E-state index in [0.29, 0.717) is 11.5 Å². The van der Waals surface area contributed by atoms with Crippen LogP contribution in [0.4, 0.5) is 14.6 Å². The zero-order valence-electron chi connectivity index (χ0n) is 18.5. The molecule has 1 heterocycles. The van der Waals surface area contributed by atoms with Crippen LogP contribution >= 0.6 is 0 Å². The number of amides is 1. The van der Waals surface area contributed by atoms with Gasteiger partial charge in [-0.1, -0.05) is 12.1 Å². The topological polar surface area (TPSA) is 87.1 Å². The maximum absolute atomic E-state index is 14.5. The third-order valence-corrected chi connectivity index (χ3v) is 5.82. The van der Waals surface area contributed by atoms with Gasteiger partial charge in [-0.25, -0.2) is 8.78 Å². The van der Waals surface area contributed by atoms with Crippen molar-refractivity contribution < 1.29 is 18.7 Å². The molecule has 1 aromatic heterocycles. The number of hydrogen-bond acceptors (Lipinski definition) is 5. The molecule has 0 aliphatic heterocycles. The molecular formula is C25H26F2N4O2. The van der Waals surface area contributed by atoms with E-state index in [4.69, 9.17) is 0 Å². The monoisotopic (exact) mass is 452 g/mol. The second-order valence-electron chi connectivity index (χ2n) is 9.06. The summed E-state index contributed by atoms with van der Waals surface area (Å²) in [6.07, 6.45) is 2.82. The van der Waals surface area contributed by atoms with Crippen LogP contribution < -0.4 is 10.6 Å². The summed E-state index contributed by atoms with van der Waals surface area (Å²) < 4.78 is 27.8. The number of aromatic nitrogens is 2. The van der Waals surface area contributed by atoms with Gasteiger partial charge in [-0.15, -0.1) is 10.2 Å². The van der Waals surface area contributed by atoms with Crippen LogP contribution in [0.25, 0.3) is 11.3 Å². The Morgan fingerprint density at radius 2 is 1.79 bits per heavy atom. The first kappa shape index (κ1) is 22.8. The van der Waals surface area contributed by atoms with E-state index in [1.807, 2.05) is 0 Å². The molecule has 0 atom stereocenters. The minimum Gasteiger partial charge on any atom is -0.389 e. The van der Waals surface area contributed by atoms with Gasteiger partial charge in [0.05, 0.1) is 16.8 Å². The van der Waals surface area contributed by atoms with Gasteiger partial charge in [-0.3, -0.25) is 4.79 Å². The number of carbonyl (C=O) groups excluding carboxylic acids is 1. The van der Waals surface area contributed by atoms with Gasteiger partial charge < -0.3 is 15.7 Å². The number of nitrogens with one attached hydrogen (secondary N) is 2. The molecule has 0 radical (unpaired) electrons. The standard InChI is InChI=1S/C25H26F2N4O2/c1-24(2,33)15-28-23(32)16-4-9-20(27)19(14-16)21-10-11-22(31-30-21)29-25(12-3-13-25)17-5-7-18(26)8-6-17/h4-11,14,33H,3,12-13,15H2,1-2H3,(H,28,32)(H,29,31). The van der Waals surface area contributed by atoms with E-state index in [-0.39, 0.29) is 29.0 Å². The van der Waals surface area contributed by atoms with Crippen LogP contribution in [-0.2, 0) is 5.54 Å². The van der Waals surface area contributed by atoms with Crippen LogP contribution in [0.2, 0.25) is 0 Å². The first-order valence-corrected chi connectivity index (χ1v) is 10.8. The zero-order chi connectivity index (χ0) is 23.6. The average Bonchev–Trinajstić information content (AvgIpc) is 2.76. The first-order valence-electron chi connectivity index (χ1n) is 10.8. The van der Waals surface area contributed by atoms with E-state index in [0.717, 1.165) is 24.8 Å². The number of rotatable bonds is 7. The molecule has 33 heavy (non-hydrogen) atoms. The van der Waals surface area contributed by atoms with Crippen molar-refractivity contribution in [2.45, 2.75) is 44.2 Å². The van der Waals surface area contributed by atoms with E-state index in [2.05, 4.69) is 20.8 Å². The predicted molar refractivity (Wildman–Crippen MR) is 122 cm³/mol. The third kappa shape index (κ3) is 5.17. The van der Waals surface area contributed by atoms with Crippen molar-refractivity contribution in [3.8, 4) is 11.3 Å². The SMILES string of the molecule is CC(C)(O)CNC(=O)c1ccc(F)c(-c2ccc(NC3(c4ccc(F)cc4)CCC3)nn2)c1. The number of anilines is 1. The molecular weight excluding hydrogens is 426 g/mol. The van der Waals surface area contributed by atoms with Crippen molar-refractivity contribution in [2.24, 2.45) is 0 Å². The van der Waals surface area contributed by atoms with Crippen LogP contribution in [0, 0.1) is 11.6 Å². The third-order valence-electron chi connectivity index (χ3n) is 5.82. The Labute approximate surface area is 191 Å². The lowest BCUT2D eigenvalue weighted by Crippen LogP contribution is -2.42. The van der Waals surface area contributed by atoms with E-state index < -0.39 is 17.3 Å². The van der Waals surface area contributed by atoms with Crippen molar-refractivity contribution in [1.29, 1.82) is 0 Å². The number of aliphatic hydroxyl groups is 1. The smallest absolute Gasteiger partial charge is 0.251 e. The predicted octanol–water partition coefficient (Wildman–Crippen LogP) is 4.41. The second-order valence-corrected chi connectivity index (χ2v) is 9.06. The molecule has 1 aliphatic carbocycles. The van der Waals surface area contributed by atoms with Crippen molar-refractivity contribution in [1.82, 2.24) is 15.5 Å². The zero-order valence-corrected chi connectivity index (χ0v) is 18.5. The lowest BCUT2D eigenvalue weighted by molar-refractivity contribution is 0.0694. The Hall–Kier alpha value is -3.39. The van der Waals surface area contributed by atoms with Crippen LogP contribution in [0.15, 0.2) is 54.6 Å². The number of carbonyl (C=O) groups is 1. The Kier molecular flexibility index (Phi) is 6.12. The van der Waals surface area contributed by atoms with E-state index in [1.54, 1.807) is 38.1 Å². The molecule has 6 nitrogen and oxygen atoms in total. The number of nitrogens with zero attached hydrogens (tertiary/aromatic N) is 2. The molecule has 1 aliphatic rings. The summed E-state index contributed by atoms with van der Waals surface area (Å²) in [5.74, 6) is -0.695. The fourth-order valence-electron chi connectivity index (χ4n) is 3.83. The van der Waals surface area contributed by atoms with Gasteiger partial charge in [-0.05, 0) is 81.1 Å². The van der Waals surface area contributed by atoms with E-state index >= 15 is 0 Å². The van der Waals surface area contributed by atoms with Crippen molar-refractivity contribution >= 4 is 11.7 Å². The van der Waals surface area contributed by atoms with Crippen molar-refractivity contribution in [3.05, 3.63) is 77.4 Å². The fraction of sp³-hybridized carbons (Fsp3) is 0.320. The molecule has 0 bridgehead atoms. The van der Waals surface area contributed by atoms with Gasteiger partial charge in [0.25, 0.3) is 5.91 Å². The van der Waals surface area contributed by atoms with Crippen LogP contribution in [-0.4, -0.2) is 33.4 Å². The van der Waals surface area contributed by atoms with Crippen molar-refractivity contribution in [3.63, 3.8) is 0 Å². The van der Waals surface area contributed by atoms with E-state index in [9.17, 15) is 18.7 Å². The largest absolute Gasteiger partial charge is 0.389 e. The first-order chi connectivity index (χ1) is 15.7. The highest BCUT2D eigenvalue weighted by Gasteiger charge is 2.39. The van der Waals surface area contributed by atoms with E-state index in [1.165, 1.54) is 30.3 Å². The Balaban J connectivity index is 1.52. The highest BCUT2D eigenvalue weighted by Crippen LogP contribution is 2.43. The quantitative estimate of drug-likeness (QED) is 0.494. The summed E-state index contributed by atoms with van der Waals surface area (Å²) in [5, 5.41) is 24.2. The molecule has 1 saturated carbocycles. The maximum atomic E-state index is 14.5. The molecule has 3 aromatic rings. The van der Waals surface area contributed by atoms with Gasteiger partial charge in [-0.2, -0.15) is 0 Å². The Bertz CT molecular complexity index is 1140. The molecule has 0 spiro atoms. The minimum absolute atomic E-state index is 0.0640. The van der Waals surface area contributed by atoms with Gasteiger partial charge in [0.1, 0.15) is 17.5 Å². The second kappa shape index (κ2) is 8.86. The molecule has 8 heteroatoms. The lowest BCUT2D eigenvalue weighted by Gasteiger charge is -2.43. The van der Waals surface area contributed by atoms with Gasteiger partial charge in [0.2, 0.25) is 0 Å². The van der Waals surface area contributed by atoms with Crippen LogP contribution in [0.3, 0.4) is 0 Å². The fourth-order valence-corrected chi connectivity index (χ4v) is 3.83. The Morgan fingerprint density at radius 3 is 2.36 bits per heavy atom. The van der Waals surface area contributed by atoms with Crippen LogP contribution in [0.1, 0.15) is 49.0 Å². The molecule has 0 saturated heterocycles. The average molecular weight is 453 g/mol. The molecule has 0 unspecified atom stereocenters. The van der Waals surface area contributed by atoms with Crippen LogP contribution in [0.5, 0.6) is 0 Å². The summed E-state index contributed by atoms with van der Waals surface area (Å²) in [4.78, 5) is 12.4. The number of halogens is 2. The number of benzene rings is 2. The minimum atomic E-state index is -1.06. The molecule has 1 fully saturated rings. The van der Waals surface area contributed by atoms with Gasteiger partial charge in [0, 0.05) is 17.7 Å². The van der Waals surface area contributed by atoms with Gasteiger partial charge in [0.15, 0.2) is 0 Å². The van der Waals surface area contributed by atoms with Crippen molar-refractivity contribution in [2.75, 3.05) is 11.9 Å². The molecule has 172 valence electrons.